The second kappa shape index (κ2) is 3.90. The molecule has 1 aliphatic heterocycles. The van der Waals surface area contributed by atoms with Crippen molar-refractivity contribution in [2.45, 2.75) is 55.4 Å². The highest BCUT2D eigenvalue weighted by atomic mass is 32.2. The molecule has 4 fully saturated rings. The first-order valence-electron chi connectivity index (χ1n) is 7.92. The summed E-state index contributed by atoms with van der Waals surface area (Å²) in [6.07, 6.45) is 8.12. The smallest absolute Gasteiger partial charge is 0.255 e. The van der Waals surface area contributed by atoms with Crippen LogP contribution in [0.3, 0.4) is 0 Å². The highest BCUT2D eigenvalue weighted by molar-refractivity contribution is 7.98. The lowest BCUT2D eigenvalue weighted by atomic mass is 9.49. The molecule has 0 aromatic carbocycles. The quantitative estimate of drug-likeness (QED) is 0.864. The van der Waals surface area contributed by atoms with Gasteiger partial charge < -0.3 is 4.98 Å². The highest BCUT2D eigenvalue weighted by Gasteiger charge is 2.53. The van der Waals surface area contributed by atoms with Crippen molar-refractivity contribution >= 4 is 11.8 Å². The van der Waals surface area contributed by atoms with Gasteiger partial charge in [-0.3, -0.25) is 4.79 Å². The lowest BCUT2D eigenvalue weighted by molar-refractivity contribution is -0.00959. The van der Waals surface area contributed by atoms with Gasteiger partial charge in [-0.2, -0.15) is 11.8 Å². The molecular formula is C16H20N2OS. The van der Waals surface area contributed by atoms with Crippen LogP contribution in [0.1, 0.15) is 55.6 Å². The van der Waals surface area contributed by atoms with Crippen molar-refractivity contribution < 1.29 is 0 Å². The predicted octanol–water partition coefficient (Wildman–Crippen LogP) is 2.98. The minimum atomic E-state index is 0.144. The zero-order valence-electron chi connectivity index (χ0n) is 11.7. The summed E-state index contributed by atoms with van der Waals surface area (Å²) in [5.41, 5.74) is 2.37. The Kier molecular flexibility index (Phi) is 2.31. The maximum atomic E-state index is 12.3. The molecular weight excluding hydrogens is 268 g/mol. The maximum Gasteiger partial charge on any atom is 0.255 e. The Bertz CT molecular complexity index is 601. The highest BCUT2D eigenvalue weighted by Crippen LogP contribution is 2.60. The van der Waals surface area contributed by atoms with Gasteiger partial charge in [0.15, 0.2) is 0 Å². The van der Waals surface area contributed by atoms with Gasteiger partial charge in [0.2, 0.25) is 0 Å². The van der Waals surface area contributed by atoms with Crippen LogP contribution in [0.4, 0.5) is 0 Å². The van der Waals surface area contributed by atoms with E-state index in [1.165, 1.54) is 38.5 Å². The first-order chi connectivity index (χ1) is 9.72. The van der Waals surface area contributed by atoms with Crippen molar-refractivity contribution in [3.05, 3.63) is 27.4 Å². The number of thioether (sulfide) groups is 1. The van der Waals surface area contributed by atoms with E-state index in [1.54, 1.807) is 0 Å². The molecule has 0 radical (unpaired) electrons. The topological polar surface area (TPSA) is 45.8 Å². The van der Waals surface area contributed by atoms with Gasteiger partial charge in [0.1, 0.15) is 5.82 Å². The average Bonchev–Trinajstić information content (AvgIpc) is 2.86. The summed E-state index contributed by atoms with van der Waals surface area (Å²) in [7, 11) is 0. The molecule has 0 atom stereocenters. The molecule has 6 rings (SSSR count). The Morgan fingerprint density at radius 2 is 1.70 bits per heavy atom. The SMILES string of the molecule is O=c1[nH]c(C23CC4CC(CC(C4)C2)C3)nc2c1CSC2. The standard InChI is InChI=1S/C16H20N2OS/c19-14-12-7-20-8-13(12)17-15(18-14)16-4-9-1-10(5-16)3-11(2-9)6-16/h9-11H,1-8H2,(H,17,18,19). The second-order valence-corrected chi connectivity index (χ2v) is 8.52. The second-order valence-electron chi connectivity index (χ2n) is 7.53. The molecule has 2 heterocycles. The van der Waals surface area contributed by atoms with E-state index in [2.05, 4.69) is 4.98 Å². The third-order valence-electron chi connectivity index (χ3n) is 6.13. The monoisotopic (exact) mass is 288 g/mol. The maximum absolute atomic E-state index is 12.3. The van der Waals surface area contributed by atoms with Gasteiger partial charge in [-0.05, 0) is 56.3 Å². The molecule has 106 valence electrons. The Morgan fingerprint density at radius 3 is 2.35 bits per heavy atom. The summed E-state index contributed by atoms with van der Waals surface area (Å²) < 4.78 is 0. The molecule has 0 amide bonds. The van der Waals surface area contributed by atoms with Gasteiger partial charge in [-0.15, -0.1) is 0 Å². The van der Waals surface area contributed by atoms with Gasteiger partial charge in [0.25, 0.3) is 5.56 Å². The summed E-state index contributed by atoms with van der Waals surface area (Å²) in [6.45, 7) is 0. The molecule has 4 heteroatoms. The number of H-pyrrole nitrogens is 1. The van der Waals surface area contributed by atoms with Crippen molar-refractivity contribution in [3.8, 4) is 0 Å². The minimum Gasteiger partial charge on any atom is -0.310 e. The number of aromatic amines is 1. The number of fused-ring (bicyclic) bond motifs is 1. The predicted molar refractivity (Wildman–Crippen MR) is 79.7 cm³/mol. The van der Waals surface area contributed by atoms with Crippen molar-refractivity contribution in [3.63, 3.8) is 0 Å². The van der Waals surface area contributed by atoms with Gasteiger partial charge in [0, 0.05) is 22.5 Å². The van der Waals surface area contributed by atoms with Crippen LogP contribution in [0, 0.1) is 17.8 Å². The van der Waals surface area contributed by atoms with Crippen LogP contribution in [0.25, 0.3) is 0 Å². The van der Waals surface area contributed by atoms with E-state index in [0.29, 0.717) is 0 Å². The molecule has 20 heavy (non-hydrogen) atoms. The van der Waals surface area contributed by atoms with Crippen LogP contribution >= 0.6 is 11.8 Å². The Morgan fingerprint density at radius 1 is 1.05 bits per heavy atom. The molecule has 1 aromatic heterocycles. The zero-order valence-corrected chi connectivity index (χ0v) is 12.5. The van der Waals surface area contributed by atoms with Crippen LogP contribution in [0.2, 0.25) is 0 Å². The third kappa shape index (κ3) is 1.54. The number of rotatable bonds is 1. The zero-order chi connectivity index (χ0) is 13.3. The van der Waals surface area contributed by atoms with E-state index in [4.69, 9.17) is 4.98 Å². The first kappa shape index (κ1) is 11.8. The molecule has 4 aliphatic carbocycles. The van der Waals surface area contributed by atoms with Crippen molar-refractivity contribution in [1.82, 2.24) is 9.97 Å². The van der Waals surface area contributed by atoms with Crippen LogP contribution < -0.4 is 5.56 Å². The number of hydrogen-bond donors (Lipinski definition) is 1. The molecule has 0 spiro atoms. The van der Waals surface area contributed by atoms with Crippen molar-refractivity contribution in [1.29, 1.82) is 0 Å². The Labute approximate surface area is 123 Å². The molecule has 0 saturated heterocycles. The van der Waals surface area contributed by atoms with Gasteiger partial charge >= 0.3 is 0 Å². The summed E-state index contributed by atoms with van der Waals surface area (Å²) in [6, 6.07) is 0. The number of nitrogens with one attached hydrogen (secondary N) is 1. The van der Waals surface area contributed by atoms with Crippen LogP contribution in [-0.4, -0.2) is 9.97 Å². The van der Waals surface area contributed by atoms with Crippen LogP contribution in [-0.2, 0) is 16.9 Å². The van der Waals surface area contributed by atoms with Crippen LogP contribution in [0.15, 0.2) is 4.79 Å². The van der Waals surface area contributed by atoms with Crippen molar-refractivity contribution in [2.24, 2.45) is 17.8 Å². The molecule has 5 aliphatic rings. The van der Waals surface area contributed by atoms with Gasteiger partial charge in [-0.25, -0.2) is 4.98 Å². The van der Waals surface area contributed by atoms with E-state index in [1.807, 2.05) is 11.8 Å². The van der Waals surface area contributed by atoms with Gasteiger partial charge in [0.05, 0.1) is 5.69 Å². The number of hydrogen-bond acceptors (Lipinski definition) is 3. The largest absolute Gasteiger partial charge is 0.310 e. The Balaban J connectivity index is 1.63. The van der Waals surface area contributed by atoms with Gasteiger partial charge in [-0.1, -0.05) is 0 Å². The van der Waals surface area contributed by atoms with E-state index >= 15 is 0 Å². The van der Waals surface area contributed by atoms with E-state index in [-0.39, 0.29) is 11.0 Å². The molecule has 0 unspecified atom stereocenters. The summed E-state index contributed by atoms with van der Waals surface area (Å²) in [5, 5.41) is 0. The van der Waals surface area contributed by atoms with E-state index in [0.717, 1.165) is 46.3 Å². The fraction of sp³-hybridized carbons (Fsp3) is 0.750. The first-order valence-corrected chi connectivity index (χ1v) is 9.08. The molecule has 3 nitrogen and oxygen atoms in total. The minimum absolute atomic E-state index is 0.144. The van der Waals surface area contributed by atoms with Crippen LogP contribution in [0.5, 0.6) is 0 Å². The Hall–Kier alpha value is -0.770. The lowest BCUT2D eigenvalue weighted by Crippen LogP contribution is -2.50. The number of nitrogens with zero attached hydrogens (tertiary/aromatic N) is 1. The summed E-state index contributed by atoms with van der Waals surface area (Å²) in [4.78, 5) is 20.4. The average molecular weight is 288 g/mol. The number of aromatic nitrogens is 2. The molecule has 4 bridgehead atoms. The fourth-order valence-corrected chi connectivity index (χ4v) is 6.75. The summed E-state index contributed by atoms with van der Waals surface area (Å²) in [5.74, 6) is 5.51. The molecule has 1 aromatic rings. The third-order valence-corrected chi connectivity index (χ3v) is 7.10. The fourth-order valence-electron chi connectivity index (χ4n) is 5.71. The molecule has 1 N–H and O–H groups in total. The summed E-state index contributed by atoms with van der Waals surface area (Å²) >= 11 is 1.82. The van der Waals surface area contributed by atoms with Crippen molar-refractivity contribution in [2.75, 3.05) is 0 Å². The normalized spacial score (nSPS) is 41.1. The molecule has 4 saturated carbocycles. The van der Waals surface area contributed by atoms with E-state index in [9.17, 15) is 4.79 Å². The lowest BCUT2D eigenvalue weighted by Gasteiger charge is -2.56. The van der Waals surface area contributed by atoms with E-state index < -0.39 is 0 Å².